The molecule has 4 unspecified atom stereocenters. The molecule has 1 heterocycles. The summed E-state index contributed by atoms with van der Waals surface area (Å²) in [5.41, 5.74) is 0. The number of hydrogen-bond acceptors (Lipinski definition) is 2. The molecule has 2 rings (SSSR count). The van der Waals surface area contributed by atoms with Crippen LogP contribution in [-0.2, 0) is 4.79 Å². The molecule has 0 aromatic rings. The van der Waals surface area contributed by atoms with Crippen LogP contribution in [0.2, 0.25) is 0 Å². The van der Waals surface area contributed by atoms with E-state index in [1.165, 1.54) is 25.7 Å². The lowest BCUT2D eigenvalue weighted by Crippen LogP contribution is -2.54. The Morgan fingerprint density at radius 2 is 2.08 bits per heavy atom. The molecule has 13 heavy (non-hydrogen) atoms. The number of fused-ring (bicyclic) bond motifs is 1. The monoisotopic (exact) mass is 245 g/mol. The fourth-order valence-electron chi connectivity index (χ4n) is 2.63. The Labute approximate surface area is 87.6 Å². The number of carbonyl (C=O) groups is 1. The minimum Gasteiger partial charge on any atom is -0.304 e. The van der Waals surface area contributed by atoms with Gasteiger partial charge in [-0.15, -0.1) is 0 Å². The first kappa shape index (κ1) is 9.66. The summed E-state index contributed by atoms with van der Waals surface area (Å²) in [5, 5.41) is 3.44. The Morgan fingerprint density at radius 3 is 2.85 bits per heavy atom. The SMILES string of the molecule is O=CC1CCC2CCCC(Br)C2N1. The first-order valence-electron chi connectivity index (χ1n) is 5.16. The topological polar surface area (TPSA) is 29.1 Å². The van der Waals surface area contributed by atoms with Crippen LogP contribution < -0.4 is 5.32 Å². The third-order valence-corrected chi connectivity index (χ3v) is 4.40. The predicted molar refractivity (Wildman–Crippen MR) is 56.1 cm³/mol. The van der Waals surface area contributed by atoms with Crippen molar-refractivity contribution < 1.29 is 4.79 Å². The Balaban J connectivity index is 2.01. The van der Waals surface area contributed by atoms with Crippen molar-refractivity contribution in [1.82, 2.24) is 5.32 Å². The summed E-state index contributed by atoms with van der Waals surface area (Å²) in [4.78, 5) is 11.2. The third kappa shape index (κ3) is 1.96. The van der Waals surface area contributed by atoms with Gasteiger partial charge in [0.2, 0.25) is 0 Å². The Kier molecular flexibility index (Phi) is 3.04. The lowest BCUT2D eigenvalue weighted by molar-refractivity contribution is -0.110. The van der Waals surface area contributed by atoms with Crippen LogP contribution in [0.4, 0.5) is 0 Å². The van der Waals surface area contributed by atoms with Gasteiger partial charge in [0.25, 0.3) is 0 Å². The van der Waals surface area contributed by atoms with E-state index in [0.717, 1.165) is 18.6 Å². The lowest BCUT2D eigenvalue weighted by Gasteiger charge is -2.41. The van der Waals surface area contributed by atoms with Gasteiger partial charge in [-0.1, -0.05) is 22.4 Å². The molecule has 2 aliphatic rings. The number of hydrogen-bond donors (Lipinski definition) is 1. The largest absolute Gasteiger partial charge is 0.304 e. The van der Waals surface area contributed by atoms with Crippen molar-refractivity contribution in [1.29, 1.82) is 0 Å². The van der Waals surface area contributed by atoms with E-state index in [1.807, 2.05) is 0 Å². The number of aldehydes is 1. The van der Waals surface area contributed by atoms with E-state index in [-0.39, 0.29) is 6.04 Å². The molecule has 4 atom stereocenters. The molecule has 2 nitrogen and oxygen atoms in total. The summed E-state index contributed by atoms with van der Waals surface area (Å²) in [6, 6.07) is 0.650. The maximum absolute atomic E-state index is 10.7. The molecule has 1 saturated heterocycles. The van der Waals surface area contributed by atoms with Crippen LogP contribution >= 0.6 is 15.9 Å². The molecule has 74 valence electrons. The maximum Gasteiger partial charge on any atom is 0.136 e. The molecule has 0 amide bonds. The zero-order valence-corrected chi connectivity index (χ0v) is 9.29. The quantitative estimate of drug-likeness (QED) is 0.565. The summed E-state index contributed by atoms with van der Waals surface area (Å²) < 4.78 is 0. The van der Waals surface area contributed by atoms with Crippen molar-refractivity contribution in [2.24, 2.45) is 5.92 Å². The van der Waals surface area contributed by atoms with Crippen LogP contribution in [-0.4, -0.2) is 23.2 Å². The molecule has 0 aromatic heterocycles. The summed E-state index contributed by atoms with van der Waals surface area (Å²) >= 11 is 3.71. The van der Waals surface area contributed by atoms with Crippen LogP contribution in [0.15, 0.2) is 0 Å². The van der Waals surface area contributed by atoms with E-state index in [2.05, 4.69) is 21.2 Å². The average molecular weight is 246 g/mol. The van der Waals surface area contributed by atoms with E-state index in [4.69, 9.17) is 0 Å². The highest BCUT2D eigenvalue weighted by atomic mass is 79.9. The molecule has 0 aromatic carbocycles. The fraction of sp³-hybridized carbons (Fsp3) is 0.900. The summed E-state index contributed by atoms with van der Waals surface area (Å²) in [6.07, 6.45) is 7.24. The highest BCUT2D eigenvalue weighted by Crippen LogP contribution is 2.35. The lowest BCUT2D eigenvalue weighted by atomic mass is 9.78. The Bertz CT molecular complexity index is 197. The number of alkyl halides is 1. The van der Waals surface area contributed by atoms with Gasteiger partial charge in [0.15, 0.2) is 0 Å². The van der Waals surface area contributed by atoms with Crippen LogP contribution in [0.25, 0.3) is 0 Å². The van der Waals surface area contributed by atoms with Crippen LogP contribution in [0.5, 0.6) is 0 Å². The van der Waals surface area contributed by atoms with Gasteiger partial charge < -0.3 is 10.1 Å². The van der Waals surface area contributed by atoms with Crippen LogP contribution in [0, 0.1) is 5.92 Å². The van der Waals surface area contributed by atoms with Crippen molar-refractivity contribution in [2.45, 2.75) is 49.0 Å². The number of rotatable bonds is 1. The van der Waals surface area contributed by atoms with E-state index in [9.17, 15) is 4.79 Å². The minimum absolute atomic E-state index is 0.111. The molecular formula is C10H16BrNO. The van der Waals surface area contributed by atoms with Gasteiger partial charge in [0.05, 0.1) is 6.04 Å². The Morgan fingerprint density at radius 1 is 1.23 bits per heavy atom. The molecule has 2 fully saturated rings. The molecule has 0 spiro atoms. The van der Waals surface area contributed by atoms with Gasteiger partial charge in [-0.3, -0.25) is 0 Å². The smallest absolute Gasteiger partial charge is 0.136 e. The minimum atomic E-state index is 0.111. The van der Waals surface area contributed by atoms with E-state index >= 15 is 0 Å². The zero-order chi connectivity index (χ0) is 9.26. The van der Waals surface area contributed by atoms with E-state index in [1.54, 1.807) is 0 Å². The van der Waals surface area contributed by atoms with Crippen molar-refractivity contribution in [2.75, 3.05) is 0 Å². The highest BCUT2D eigenvalue weighted by molar-refractivity contribution is 9.09. The summed E-state index contributed by atoms with van der Waals surface area (Å²) in [6.45, 7) is 0. The van der Waals surface area contributed by atoms with E-state index in [0.29, 0.717) is 10.9 Å². The fourth-order valence-corrected chi connectivity index (χ4v) is 3.53. The van der Waals surface area contributed by atoms with Crippen molar-refractivity contribution in [3.63, 3.8) is 0 Å². The molecular weight excluding hydrogens is 230 g/mol. The third-order valence-electron chi connectivity index (χ3n) is 3.37. The second-order valence-corrected chi connectivity index (χ2v) is 5.40. The van der Waals surface area contributed by atoms with E-state index < -0.39 is 0 Å². The van der Waals surface area contributed by atoms with Gasteiger partial charge >= 0.3 is 0 Å². The molecule has 1 aliphatic heterocycles. The maximum atomic E-state index is 10.7. The van der Waals surface area contributed by atoms with Gasteiger partial charge in [0, 0.05) is 10.9 Å². The molecule has 0 bridgehead atoms. The van der Waals surface area contributed by atoms with Crippen LogP contribution in [0.3, 0.4) is 0 Å². The second kappa shape index (κ2) is 4.09. The second-order valence-electron chi connectivity index (χ2n) is 4.22. The van der Waals surface area contributed by atoms with Crippen LogP contribution in [0.1, 0.15) is 32.1 Å². The molecule has 3 heteroatoms. The number of carbonyl (C=O) groups excluding carboxylic acids is 1. The number of halogens is 1. The molecule has 1 aliphatic carbocycles. The molecule has 1 saturated carbocycles. The number of nitrogens with one attached hydrogen (secondary N) is 1. The number of piperidine rings is 1. The summed E-state index contributed by atoms with van der Waals surface area (Å²) in [5.74, 6) is 0.800. The van der Waals surface area contributed by atoms with Gasteiger partial charge in [-0.05, 0) is 31.6 Å². The van der Waals surface area contributed by atoms with Crippen molar-refractivity contribution in [3.05, 3.63) is 0 Å². The molecule has 1 N–H and O–H groups in total. The standard InChI is InChI=1S/C10H16BrNO/c11-9-3-1-2-7-4-5-8(6-13)12-10(7)9/h6-10,12H,1-5H2. The highest BCUT2D eigenvalue weighted by Gasteiger charge is 2.36. The van der Waals surface area contributed by atoms with Crippen molar-refractivity contribution in [3.8, 4) is 0 Å². The first-order chi connectivity index (χ1) is 6.31. The summed E-state index contributed by atoms with van der Waals surface area (Å²) in [7, 11) is 0. The average Bonchev–Trinajstić information content (AvgIpc) is 2.18. The first-order valence-corrected chi connectivity index (χ1v) is 6.08. The van der Waals surface area contributed by atoms with Gasteiger partial charge in [-0.25, -0.2) is 0 Å². The molecule has 0 radical (unpaired) electrons. The predicted octanol–water partition coefficient (Wildman–Crippen LogP) is 1.87. The van der Waals surface area contributed by atoms with Gasteiger partial charge in [-0.2, -0.15) is 0 Å². The van der Waals surface area contributed by atoms with Crippen molar-refractivity contribution >= 4 is 22.2 Å². The Hall–Kier alpha value is 0.110. The normalized spacial score (nSPS) is 45.3. The van der Waals surface area contributed by atoms with Gasteiger partial charge in [0.1, 0.15) is 6.29 Å². The zero-order valence-electron chi connectivity index (χ0n) is 7.71.